The summed E-state index contributed by atoms with van der Waals surface area (Å²) in [7, 11) is 3.82. The molecule has 1 amide bonds. The van der Waals surface area contributed by atoms with Gasteiger partial charge in [0.25, 0.3) is 5.91 Å². The lowest BCUT2D eigenvalue weighted by atomic mass is 10.2. The number of ether oxygens (including phenoxy) is 1. The molecule has 0 heterocycles. The van der Waals surface area contributed by atoms with Crippen LogP contribution in [0.2, 0.25) is 5.02 Å². The summed E-state index contributed by atoms with van der Waals surface area (Å²) >= 11 is 6.03. The van der Waals surface area contributed by atoms with Gasteiger partial charge >= 0.3 is 0 Å². The molecule has 0 aliphatic carbocycles. The maximum Gasteiger partial charge on any atom is 0.265 e. The van der Waals surface area contributed by atoms with Crippen molar-refractivity contribution in [3.63, 3.8) is 0 Å². The van der Waals surface area contributed by atoms with Gasteiger partial charge in [0.1, 0.15) is 5.75 Å². The summed E-state index contributed by atoms with van der Waals surface area (Å²) in [5.41, 5.74) is 2.62. The van der Waals surface area contributed by atoms with Gasteiger partial charge in [0.2, 0.25) is 0 Å². The summed E-state index contributed by atoms with van der Waals surface area (Å²) in [6.45, 7) is 3.70. The SMILES string of the molecule is Cc1cccc(OC(C)C(=O)Nc2cc(Cl)ccc2N(C)C)c1. The van der Waals surface area contributed by atoms with Gasteiger partial charge in [-0.05, 0) is 49.7 Å². The summed E-state index contributed by atoms with van der Waals surface area (Å²) in [5.74, 6) is 0.448. The van der Waals surface area contributed by atoms with E-state index in [0.717, 1.165) is 11.3 Å². The van der Waals surface area contributed by atoms with Gasteiger partial charge in [-0.2, -0.15) is 0 Å². The molecule has 1 atom stereocenters. The zero-order chi connectivity index (χ0) is 17.0. The first-order valence-corrected chi connectivity index (χ1v) is 7.75. The molecule has 0 fully saturated rings. The highest BCUT2D eigenvalue weighted by molar-refractivity contribution is 6.31. The van der Waals surface area contributed by atoms with E-state index in [-0.39, 0.29) is 5.91 Å². The molecular formula is C18H21ClN2O2. The predicted molar refractivity (Wildman–Crippen MR) is 95.7 cm³/mol. The number of benzene rings is 2. The first kappa shape index (κ1) is 17.2. The lowest BCUT2D eigenvalue weighted by molar-refractivity contribution is -0.122. The van der Waals surface area contributed by atoms with E-state index < -0.39 is 6.10 Å². The van der Waals surface area contributed by atoms with E-state index >= 15 is 0 Å². The number of nitrogens with one attached hydrogen (secondary N) is 1. The second kappa shape index (κ2) is 7.38. The lowest BCUT2D eigenvalue weighted by Gasteiger charge is -2.20. The fourth-order valence-corrected chi connectivity index (χ4v) is 2.35. The highest BCUT2D eigenvalue weighted by atomic mass is 35.5. The number of anilines is 2. The number of hydrogen-bond acceptors (Lipinski definition) is 3. The van der Waals surface area contributed by atoms with Gasteiger partial charge in [-0.25, -0.2) is 0 Å². The smallest absolute Gasteiger partial charge is 0.265 e. The topological polar surface area (TPSA) is 41.6 Å². The fraction of sp³-hybridized carbons (Fsp3) is 0.278. The Labute approximate surface area is 142 Å². The van der Waals surface area contributed by atoms with Crippen molar-refractivity contribution in [3.05, 3.63) is 53.1 Å². The largest absolute Gasteiger partial charge is 0.481 e. The van der Waals surface area contributed by atoms with E-state index in [1.54, 1.807) is 19.1 Å². The molecule has 2 rings (SSSR count). The highest BCUT2D eigenvalue weighted by Crippen LogP contribution is 2.28. The molecule has 0 spiro atoms. The summed E-state index contributed by atoms with van der Waals surface area (Å²) in [5, 5.41) is 3.45. The number of nitrogens with zero attached hydrogens (tertiary/aromatic N) is 1. The van der Waals surface area contributed by atoms with E-state index in [2.05, 4.69) is 5.32 Å². The minimum atomic E-state index is -0.620. The van der Waals surface area contributed by atoms with Crippen LogP contribution in [0.15, 0.2) is 42.5 Å². The molecule has 4 nitrogen and oxygen atoms in total. The second-order valence-corrected chi connectivity index (χ2v) is 6.06. The number of aryl methyl sites for hydroxylation is 1. The lowest BCUT2D eigenvalue weighted by Crippen LogP contribution is -2.30. The van der Waals surface area contributed by atoms with Crippen LogP contribution in [0.25, 0.3) is 0 Å². The van der Waals surface area contributed by atoms with Crippen LogP contribution in [0, 0.1) is 6.92 Å². The maximum absolute atomic E-state index is 12.4. The molecular weight excluding hydrogens is 312 g/mol. The van der Waals surface area contributed by atoms with Crippen LogP contribution in [0.5, 0.6) is 5.75 Å². The van der Waals surface area contributed by atoms with Gasteiger partial charge in [-0.1, -0.05) is 23.7 Å². The molecule has 0 aliphatic rings. The summed E-state index contributed by atoms with van der Waals surface area (Å²) in [4.78, 5) is 14.3. The Bertz CT molecular complexity index is 701. The van der Waals surface area contributed by atoms with Crippen molar-refractivity contribution >= 4 is 28.9 Å². The Morgan fingerprint density at radius 1 is 1.22 bits per heavy atom. The van der Waals surface area contributed by atoms with Crippen molar-refractivity contribution in [1.82, 2.24) is 0 Å². The van der Waals surface area contributed by atoms with Gasteiger partial charge in [0, 0.05) is 19.1 Å². The molecule has 0 saturated carbocycles. The number of hydrogen-bond donors (Lipinski definition) is 1. The summed E-state index contributed by atoms with van der Waals surface area (Å²) in [6.07, 6.45) is -0.620. The zero-order valence-electron chi connectivity index (χ0n) is 13.8. The van der Waals surface area contributed by atoms with Gasteiger partial charge in [-0.15, -0.1) is 0 Å². The average molecular weight is 333 g/mol. The van der Waals surface area contributed by atoms with Crippen molar-refractivity contribution in [1.29, 1.82) is 0 Å². The van der Waals surface area contributed by atoms with Gasteiger partial charge in [0.05, 0.1) is 11.4 Å². The minimum Gasteiger partial charge on any atom is -0.481 e. The van der Waals surface area contributed by atoms with Crippen molar-refractivity contribution in [2.75, 3.05) is 24.3 Å². The molecule has 23 heavy (non-hydrogen) atoms. The molecule has 5 heteroatoms. The van der Waals surface area contributed by atoms with Crippen molar-refractivity contribution < 1.29 is 9.53 Å². The van der Waals surface area contributed by atoms with Gasteiger partial charge in [0.15, 0.2) is 6.10 Å². The zero-order valence-corrected chi connectivity index (χ0v) is 14.5. The maximum atomic E-state index is 12.4. The monoisotopic (exact) mass is 332 g/mol. The van der Waals surface area contributed by atoms with E-state index in [0.29, 0.717) is 16.5 Å². The molecule has 122 valence electrons. The third-order valence-corrected chi connectivity index (χ3v) is 3.60. The molecule has 0 aliphatic heterocycles. The van der Waals surface area contributed by atoms with E-state index in [9.17, 15) is 4.79 Å². The molecule has 0 saturated heterocycles. The number of halogens is 1. The second-order valence-electron chi connectivity index (χ2n) is 5.62. The van der Waals surface area contributed by atoms with Crippen LogP contribution in [0.4, 0.5) is 11.4 Å². The van der Waals surface area contributed by atoms with E-state index in [1.807, 2.05) is 56.3 Å². The van der Waals surface area contributed by atoms with Crippen LogP contribution in [0.1, 0.15) is 12.5 Å². The molecule has 1 unspecified atom stereocenters. The van der Waals surface area contributed by atoms with Crippen molar-refractivity contribution in [2.45, 2.75) is 20.0 Å². The van der Waals surface area contributed by atoms with Crippen molar-refractivity contribution in [3.8, 4) is 5.75 Å². The number of carbonyl (C=O) groups excluding carboxylic acids is 1. The number of amides is 1. The van der Waals surface area contributed by atoms with Gasteiger partial charge < -0.3 is 15.0 Å². The molecule has 0 aromatic heterocycles. The fourth-order valence-electron chi connectivity index (χ4n) is 2.18. The van der Waals surface area contributed by atoms with Crippen LogP contribution >= 0.6 is 11.6 Å². The minimum absolute atomic E-state index is 0.225. The first-order valence-electron chi connectivity index (χ1n) is 7.38. The molecule has 1 N–H and O–H groups in total. The Morgan fingerprint density at radius 3 is 2.61 bits per heavy atom. The standard InChI is InChI=1S/C18H21ClN2O2/c1-12-6-5-7-15(10-12)23-13(2)18(22)20-16-11-14(19)8-9-17(16)21(3)4/h5-11,13H,1-4H3,(H,20,22). The van der Waals surface area contributed by atoms with Crippen LogP contribution < -0.4 is 15.0 Å². The van der Waals surface area contributed by atoms with Crippen molar-refractivity contribution in [2.24, 2.45) is 0 Å². The van der Waals surface area contributed by atoms with Crippen LogP contribution in [-0.4, -0.2) is 26.1 Å². The third-order valence-electron chi connectivity index (χ3n) is 3.37. The quantitative estimate of drug-likeness (QED) is 0.895. The summed E-state index contributed by atoms with van der Waals surface area (Å²) < 4.78 is 5.70. The molecule has 0 bridgehead atoms. The Morgan fingerprint density at radius 2 is 1.96 bits per heavy atom. The van der Waals surface area contributed by atoms with Crippen LogP contribution in [-0.2, 0) is 4.79 Å². The molecule has 0 radical (unpaired) electrons. The van der Waals surface area contributed by atoms with E-state index in [4.69, 9.17) is 16.3 Å². The number of carbonyl (C=O) groups is 1. The first-order chi connectivity index (χ1) is 10.9. The predicted octanol–water partition coefficient (Wildman–Crippen LogP) is 4.12. The average Bonchev–Trinajstić information content (AvgIpc) is 2.46. The van der Waals surface area contributed by atoms with E-state index in [1.165, 1.54) is 0 Å². The Balaban J connectivity index is 2.11. The normalized spacial score (nSPS) is 11.7. The molecule has 2 aromatic carbocycles. The Hall–Kier alpha value is -2.20. The third kappa shape index (κ3) is 4.63. The highest BCUT2D eigenvalue weighted by Gasteiger charge is 2.17. The summed E-state index contributed by atoms with van der Waals surface area (Å²) in [6, 6.07) is 13.0. The van der Waals surface area contributed by atoms with Gasteiger partial charge in [-0.3, -0.25) is 4.79 Å². The van der Waals surface area contributed by atoms with Crippen LogP contribution in [0.3, 0.4) is 0 Å². The Kier molecular flexibility index (Phi) is 5.50. The molecule has 2 aromatic rings. The number of rotatable bonds is 5.